The standard InChI is InChI=1S/C14H14BrCl2N3O5/c15-12-9(13(18)19-24)4-1-5(16)6(17)2-7(4)20(12)14-11(23)10(22)8(3-21)25-14/h1-2,8,10-11,14,21-24H,3H2,(H2,18,19)/t8-,10-,11-,14-/m1/s1. The summed E-state index contributed by atoms with van der Waals surface area (Å²) < 4.78 is 7.39. The van der Waals surface area contributed by atoms with E-state index in [4.69, 9.17) is 38.9 Å². The van der Waals surface area contributed by atoms with Crippen LogP contribution in [0.4, 0.5) is 0 Å². The Kier molecular flexibility index (Phi) is 5.18. The van der Waals surface area contributed by atoms with E-state index >= 15 is 0 Å². The number of hydrogen-bond donors (Lipinski definition) is 5. The van der Waals surface area contributed by atoms with Gasteiger partial charge in [0.05, 0.1) is 32.3 Å². The fourth-order valence-electron chi connectivity index (χ4n) is 2.91. The summed E-state index contributed by atoms with van der Waals surface area (Å²) in [6, 6.07) is 3.07. The molecule has 136 valence electrons. The predicted octanol–water partition coefficient (Wildman–Crippen LogP) is 1.42. The van der Waals surface area contributed by atoms with E-state index in [2.05, 4.69) is 21.1 Å². The molecular weight excluding hydrogens is 441 g/mol. The number of aliphatic hydroxyl groups is 3. The molecule has 2 aromatic rings. The molecule has 0 aliphatic carbocycles. The van der Waals surface area contributed by atoms with Gasteiger partial charge < -0.3 is 35.6 Å². The Hall–Kier alpha value is -1.07. The number of oxime groups is 1. The maximum Gasteiger partial charge on any atom is 0.173 e. The second-order valence-electron chi connectivity index (χ2n) is 5.53. The van der Waals surface area contributed by atoms with Crippen LogP contribution < -0.4 is 5.73 Å². The first-order valence-corrected chi connectivity index (χ1v) is 8.65. The Labute approximate surface area is 160 Å². The average molecular weight is 455 g/mol. The SMILES string of the molecule is N/C(=N/O)c1c(Br)n([C@@H]2O[C@H](CO)[C@@H](O)[C@H]2O)c2cc(Cl)c(Cl)cc12. The lowest BCUT2D eigenvalue weighted by Crippen LogP contribution is -2.33. The fourth-order valence-corrected chi connectivity index (χ4v) is 4.04. The number of nitrogens with zero attached hydrogens (tertiary/aromatic N) is 2. The van der Waals surface area contributed by atoms with Crippen molar-refractivity contribution in [1.29, 1.82) is 0 Å². The molecule has 1 aromatic heterocycles. The minimum absolute atomic E-state index is 0.194. The van der Waals surface area contributed by atoms with Crippen molar-refractivity contribution in [2.45, 2.75) is 24.5 Å². The molecule has 11 heteroatoms. The van der Waals surface area contributed by atoms with E-state index in [1.165, 1.54) is 16.7 Å². The minimum Gasteiger partial charge on any atom is -0.409 e. The van der Waals surface area contributed by atoms with Gasteiger partial charge in [-0.1, -0.05) is 28.4 Å². The summed E-state index contributed by atoms with van der Waals surface area (Å²) in [6.07, 6.45) is -4.60. The molecule has 25 heavy (non-hydrogen) atoms. The number of nitrogens with two attached hydrogens (primary N) is 1. The molecule has 4 atom stereocenters. The zero-order chi connectivity index (χ0) is 18.5. The summed E-state index contributed by atoms with van der Waals surface area (Å²) >= 11 is 15.5. The molecule has 1 aromatic carbocycles. The van der Waals surface area contributed by atoms with Gasteiger partial charge in [-0.15, -0.1) is 0 Å². The Bertz CT molecular complexity index is 859. The average Bonchev–Trinajstić information content (AvgIpc) is 3.01. The molecule has 0 radical (unpaired) electrons. The first-order chi connectivity index (χ1) is 11.8. The van der Waals surface area contributed by atoms with Crippen LogP contribution in [0.1, 0.15) is 11.8 Å². The number of aliphatic hydroxyl groups excluding tert-OH is 3. The predicted molar refractivity (Wildman–Crippen MR) is 95.2 cm³/mol. The van der Waals surface area contributed by atoms with Gasteiger partial charge in [0.25, 0.3) is 0 Å². The minimum atomic E-state index is -1.32. The monoisotopic (exact) mass is 453 g/mol. The Balaban J connectivity index is 2.29. The van der Waals surface area contributed by atoms with Crippen molar-refractivity contribution in [3.63, 3.8) is 0 Å². The number of ether oxygens (including phenoxy) is 1. The van der Waals surface area contributed by atoms with Gasteiger partial charge in [0.15, 0.2) is 12.1 Å². The molecule has 1 aliphatic rings. The molecule has 3 rings (SSSR count). The van der Waals surface area contributed by atoms with Gasteiger partial charge in [0, 0.05) is 5.39 Å². The van der Waals surface area contributed by atoms with Gasteiger partial charge in [-0.3, -0.25) is 0 Å². The van der Waals surface area contributed by atoms with Crippen molar-refractivity contribution in [1.82, 2.24) is 4.57 Å². The van der Waals surface area contributed by atoms with Crippen LogP contribution in [0, 0.1) is 0 Å². The van der Waals surface area contributed by atoms with Crippen molar-refractivity contribution in [3.05, 3.63) is 32.3 Å². The molecule has 1 fully saturated rings. The van der Waals surface area contributed by atoms with E-state index in [9.17, 15) is 15.3 Å². The third kappa shape index (κ3) is 2.89. The van der Waals surface area contributed by atoms with Crippen LogP contribution in [0.15, 0.2) is 21.9 Å². The molecule has 0 saturated carbocycles. The smallest absolute Gasteiger partial charge is 0.173 e. The third-order valence-electron chi connectivity index (χ3n) is 4.12. The molecule has 1 saturated heterocycles. The Morgan fingerprint density at radius 1 is 1.28 bits per heavy atom. The summed E-state index contributed by atoms with van der Waals surface area (Å²) in [5.41, 5.74) is 6.55. The van der Waals surface area contributed by atoms with Crippen molar-refractivity contribution in [2.24, 2.45) is 10.9 Å². The van der Waals surface area contributed by atoms with Crippen LogP contribution in [-0.2, 0) is 4.74 Å². The van der Waals surface area contributed by atoms with Crippen molar-refractivity contribution >= 4 is 55.9 Å². The zero-order valence-electron chi connectivity index (χ0n) is 12.5. The summed E-state index contributed by atoms with van der Waals surface area (Å²) in [7, 11) is 0. The van der Waals surface area contributed by atoms with Crippen molar-refractivity contribution in [2.75, 3.05) is 6.61 Å². The molecule has 0 bridgehead atoms. The van der Waals surface area contributed by atoms with Gasteiger partial charge >= 0.3 is 0 Å². The highest BCUT2D eigenvalue weighted by atomic mass is 79.9. The molecule has 1 aliphatic heterocycles. The van der Waals surface area contributed by atoms with Gasteiger partial charge in [0.1, 0.15) is 18.3 Å². The molecular formula is C14H14BrCl2N3O5. The van der Waals surface area contributed by atoms with E-state index in [-0.39, 0.29) is 15.9 Å². The van der Waals surface area contributed by atoms with Crippen LogP contribution in [0.25, 0.3) is 10.9 Å². The van der Waals surface area contributed by atoms with Gasteiger partial charge in [-0.25, -0.2) is 0 Å². The number of aromatic nitrogens is 1. The highest BCUT2D eigenvalue weighted by Crippen LogP contribution is 2.41. The molecule has 2 heterocycles. The van der Waals surface area contributed by atoms with E-state index in [1.807, 2.05) is 0 Å². The molecule has 0 unspecified atom stereocenters. The summed E-state index contributed by atoms with van der Waals surface area (Å²) in [5.74, 6) is -0.194. The van der Waals surface area contributed by atoms with Gasteiger partial charge in [0.2, 0.25) is 0 Å². The summed E-state index contributed by atoms with van der Waals surface area (Å²) in [4.78, 5) is 0. The summed E-state index contributed by atoms with van der Waals surface area (Å²) in [6.45, 7) is -0.467. The maximum atomic E-state index is 10.3. The molecule has 0 amide bonds. The van der Waals surface area contributed by atoms with Gasteiger partial charge in [-0.2, -0.15) is 0 Å². The largest absolute Gasteiger partial charge is 0.409 e. The van der Waals surface area contributed by atoms with E-state index in [0.717, 1.165) is 0 Å². The van der Waals surface area contributed by atoms with E-state index < -0.39 is 31.1 Å². The van der Waals surface area contributed by atoms with Crippen LogP contribution in [0.5, 0.6) is 0 Å². The molecule has 6 N–H and O–H groups in total. The lowest BCUT2D eigenvalue weighted by molar-refractivity contribution is -0.0515. The lowest BCUT2D eigenvalue weighted by atomic mass is 10.1. The highest BCUT2D eigenvalue weighted by molar-refractivity contribution is 9.10. The van der Waals surface area contributed by atoms with Crippen LogP contribution in [-0.4, -0.2) is 55.8 Å². The van der Waals surface area contributed by atoms with Crippen molar-refractivity contribution in [3.8, 4) is 0 Å². The Morgan fingerprint density at radius 3 is 2.48 bits per heavy atom. The lowest BCUT2D eigenvalue weighted by Gasteiger charge is -2.19. The topological polar surface area (TPSA) is 133 Å². The third-order valence-corrected chi connectivity index (χ3v) is 5.62. The van der Waals surface area contributed by atoms with Crippen molar-refractivity contribution < 1.29 is 25.3 Å². The number of fused-ring (bicyclic) bond motifs is 1. The summed E-state index contributed by atoms with van der Waals surface area (Å²) in [5, 5.41) is 42.7. The number of hydrogen-bond acceptors (Lipinski definition) is 6. The number of halogens is 3. The molecule has 0 spiro atoms. The zero-order valence-corrected chi connectivity index (χ0v) is 15.6. The van der Waals surface area contributed by atoms with Crippen LogP contribution in [0.2, 0.25) is 10.0 Å². The number of amidine groups is 1. The maximum absolute atomic E-state index is 10.3. The van der Waals surface area contributed by atoms with Gasteiger partial charge in [-0.05, 0) is 28.1 Å². The second-order valence-corrected chi connectivity index (χ2v) is 7.10. The van der Waals surface area contributed by atoms with E-state index in [1.54, 1.807) is 0 Å². The normalized spacial score (nSPS) is 27.4. The van der Waals surface area contributed by atoms with Crippen LogP contribution >= 0.6 is 39.1 Å². The second kappa shape index (κ2) is 6.92. The number of rotatable bonds is 3. The highest BCUT2D eigenvalue weighted by Gasteiger charge is 2.44. The quantitative estimate of drug-likeness (QED) is 0.206. The fraction of sp³-hybridized carbons (Fsp3) is 0.357. The number of benzene rings is 1. The first kappa shape index (κ1) is 18.7. The molecule has 8 nitrogen and oxygen atoms in total. The van der Waals surface area contributed by atoms with E-state index in [0.29, 0.717) is 21.1 Å². The van der Waals surface area contributed by atoms with Crippen LogP contribution in [0.3, 0.4) is 0 Å². The first-order valence-electron chi connectivity index (χ1n) is 7.10. The Morgan fingerprint density at radius 2 is 1.92 bits per heavy atom.